The van der Waals surface area contributed by atoms with Crippen LogP contribution in [0.4, 0.5) is 0 Å². The molecule has 0 amide bonds. The van der Waals surface area contributed by atoms with Gasteiger partial charge < -0.3 is 10.6 Å². The van der Waals surface area contributed by atoms with Gasteiger partial charge in [-0.15, -0.1) is 0 Å². The van der Waals surface area contributed by atoms with Gasteiger partial charge in [-0.1, -0.05) is 6.42 Å². The molecule has 1 saturated heterocycles. The summed E-state index contributed by atoms with van der Waals surface area (Å²) in [6.45, 7) is 3.81. The number of rotatable bonds is 8. The molecule has 2 nitrogen and oxygen atoms in total. The van der Waals surface area contributed by atoms with Crippen molar-refractivity contribution in [3.63, 3.8) is 0 Å². The highest BCUT2D eigenvalue weighted by molar-refractivity contribution is 4.92. The summed E-state index contributed by atoms with van der Waals surface area (Å²) in [5.74, 6) is 3.24. The second-order valence-electron chi connectivity index (χ2n) is 6.83. The van der Waals surface area contributed by atoms with E-state index in [1.807, 2.05) is 0 Å². The number of hydrogen-bond donors (Lipinski definition) is 2. The van der Waals surface area contributed by atoms with E-state index in [2.05, 4.69) is 10.6 Å². The van der Waals surface area contributed by atoms with Crippen molar-refractivity contribution in [1.82, 2.24) is 10.6 Å². The molecule has 3 aliphatic rings. The third kappa shape index (κ3) is 3.96. The molecular weight excluding hydrogens is 220 g/mol. The van der Waals surface area contributed by atoms with Gasteiger partial charge in [0.05, 0.1) is 0 Å². The lowest BCUT2D eigenvalue weighted by atomic mass is 9.97. The van der Waals surface area contributed by atoms with Crippen molar-refractivity contribution >= 4 is 0 Å². The summed E-state index contributed by atoms with van der Waals surface area (Å²) >= 11 is 0. The van der Waals surface area contributed by atoms with Gasteiger partial charge >= 0.3 is 0 Å². The smallest absolute Gasteiger partial charge is 0.00675 e. The summed E-state index contributed by atoms with van der Waals surface area (Å²) in [7, 11) is 0. The van der Waals surface area contributed by atoms with Crippen molar-refractivity contribution in [2.45, 2.75) is 63.8 Å². The molecule has 1 unspecified atom stereocenters. The maximum absolute atomic E-state index is 3.74. The second-order valence-corrected chi connectivity index (χ2v) is 6.83. The van der Waals surface area contributed by atoms with Gasteiger partial charge in [-0.05, 0) is 88.8 Å². The Balaban J connectivity index is 1.23. The number of piperidine rings is 1. The maximum atomic E-state index is 3.74. The Kier molecular flexibility index (Phi) is 4.58. The fraction of sp³-hybridized carbons (Fsp3) is 1.00. The van der Waals surface area contributed by atoms with Gasteiger partial charge in [-0.2, -0.15) is 0 Å². The molecule has 2 saturated carbocycles. The summed E-state index contributed by atoms with van der Waals surface area (Å²) < 4.78 is 0. The molecule has 0 aromatic rings. The molecule has 0 aromatic carbocycles. The summed E-state index contributed by atoms with van der Waals surface area (Å²) in [4.78, 5) is 0. The molecule has 1 heterocycles. The van der Waals surface area contributed by atoms with Gasteiger partial charge in [-0.25, -0.2) is 0 Å². The van der Waals surface area contributed by atoms with Gasteiger partial charge in [-0.3, -0.25) is 0 Å². The SMILES string of the molecule is C1CCC(CCCNCC(C2CC2)C2CC2)NC1. The second kappa shape index (κ2) is 6.38. The van der Waals surface area contributed by atoms with Crippen LogP contribution in [0.1, 0.15) is 57.8 Å². The normalized spacial score (nSPS) is 28.8. The summed E-state index contributed by atoms with van der Waals surface area (Å²) in [5, 5.41) is 7.39. The van der Waals surface area contributed by atoms with Crippen molar-refractivity contribution in [3.05, 3.63) is 0 Å². The van der Waals surface area contributed by atoms with Crippen LogP contribution >= 0.6 is 0 Å². The predicted octanol–water partition coefficient (Wildman–Crippen LogP) is 2.93. The van der Waals surface area contributed by atoms with Crippen LogP contribution in [0.5, 0.6) is 0 Å². The molecule has 3 rings (SSSR count). The molecule has 0 spiro atoms. The minimum atomic E-state index is 0.822. The number of nitrogens with one attached hydrogen (secondary N) is 2. The topological polar surface area (TPSA) is 24.1 Å². The fourth-order valence-electron chi connectivity index (χ4n) is 3.68. The molecule has 0 bridgehead atoms. The Morgan fingerprint density at radius 3 is 2.39 bits per heavy atom. The van der Waals surface area contributed by atoms with Gasteiger partial charge in [0.15, 0.2) is 0 Å². The van der Waals surface area contributed by atoms with E-state index >= 15 is 0 Å². The number of hydrogen-bond acceptors (Lipinski definition) is 2. The molecule has 0 aromatic heterocycles. The monoisotopic (exact) mass is 250 g/mol. The molecule has 18 heavy (non-hydrogen) atoms. The van der Waals surface area contributed by atoms with E-state index < -0.39 is 0 Å². The molecule has 2 N–H and O–H groups in total. The summed E-state index contributed by atoms with van der Waals surface area (Å²) in [6, 6.07) is 0.822. The zero-order chi connectivity index (χ0) is 12.2. The lowest BCUT2D eigenvalue weighted by molar-refractivity contribution is 0.356. The van der Waals surface area contributed by atoms with E-state index in [1.54, 1.807) is 0 Å². The zero-order valence-electron chi connectivity index (χ0n) is 11.8. The Morgan fingerprint density at radius 1 is 1.00 bits per heavy atom. The lowest BCUT2D eigenvalue weighted by Crippen LogP contribution is -2.34. The van der Waals surface area contributed by atoms with Crippen molar-refractivity contribution < 1.29 is 0 Å². The average Bonchev–Trinajstić information content (AvgIpc) is 3.29. The molecular formula is C16H30N2. The zero-order valence-corrected chi connectivity index (χ0v) is 11.8. The van der Waals surface area contributed by atoms with Crippen molar-refractivity contribution in [3.8, 4) is 0 Å². The minimum absolute atomic E-state index is 0.822. The minimum Gasteiger partial charge on any atom is -0.316 e. The van der Waals surface area contributed by atoms with E-state index in [1.165, 1.54) is 77.4 Å². The lowest BCUT2D eigenvalue weighted by Gasteiger charge is -2.23. The van der Waals surface area contributed by atoms with Crippen LogP contribution in [0.3, 0.4) is 0 Å². The van der Waals surface area contributed by atoms with Gasteiger partial charge in [0.2, 0.25) is 0 Å². The largest absolute Gasteiger partial charge is 0.316 e. The molecule has 104 valence electrons. The van der Waals surface area contributed by atoms with Gasteiger partial charge in [0.25, 0.3) is 0 Å². The van der Waals surface area contributed by atoms with Crippen molar-refractivity contribution in [1.29, 1.82) is 0 Å². The third-order valence-electron chi connectivity index (χ3n) is 5.15. The first-order valence-electron chi connectivity index (χ1n) is 8.37. The van der Waals surface area contributed by atoms with E-state index in [0.717, 1.165) is 23.8 Å². The standard InChI is InChI=1S/C16H30N2/c1-2-11-18-15(4-1)5-3-10-17-12-16(13-6-7-13)14-8-9-14/h13-18H,1-12H2. The highest BCUT2D eigenvalue weighted by atomic mass is 14.9. The van der Waals surface area contributed by atoms with Crippen molar-refractivity contribution in [2.75, 3.05) is 19.6 Å². The van der Waals surface area contributed by atoms with E-state index in [9.17, 15) is 0 Å². The Labute approximate surface area is 112 Å². The molecule has 3 fully saturated rings. The Hall–Kier alpha value is -0.0800. The van der Waals surface area contributed by atoms with E-state index in [0.29, 0.717) is 0 Å². The average molecular weight is 250 g/mol. The Morgan fingerprint density at radius 2 is 1.78 bits per heavy atom. The predicted molar refractivity (Wildman–Crippen MR) is 76.7 cm³/mol. The fourth-order valence-corrected chi connectivity index (χ4v) is 3.68. The van der Waals surface area contributed by atoms with Crippen LogP contribution in [0.25, 0.3) is 0 Å². The van der Waals surface area contributed by atoms with Crippen LogP contribution in [0.2, 0.25) is 0 Å². The van der Waals surface area contributed by atoms with Gasteiger partial charge in [0, 0.05) is 6.04 Å². The first-order chi connectivity index (χ1) is 8.93. The van der Waals surface area contributed by atoms with Crippen LogP contribution < -0.4 is 10.6 Å². The van der Waals surface area contributed by atoms with Crippen LogP contribution in [-0.4, -0.2) is 25.7 Å². The molecule has 1 aliphatic heterocycles. The highest BCUT2D eigenvalue weighted by Crippen LogP contribution is 2.48. The first-order valence-corrected chi connectivity index (χ1v) is 8.37. The summed E-state index contributed by atoms with van der Waals surface area (Å²) in [5.41, 5.74) is 0. The van der Waals surface area contributed by atoms with E-state index in [-0.39, 0.29) is 0 Å². The Bertz CT molecular complexity index is 227. The molecule has 1 atom stereocenters. The van der Waals surface area contributed by atoms with Crippen LogP contribution in [0.15, 0.2) is 0 Å². The van der Waals surface area contributed by atoms with Crippen molar-refractivity contribution in [2.24, 2.45) is 17.8 Å². The quantitative estimate of drug-likeness (QED) is 0.647. The molecule has 0 radical (unpaired) electrons. The summed E-state index contributed by atoms with van der Waals surface area (Å²) in [6.07, 6.45) is 13.1. The third-order valence-corrected chi connectivity index (χ3v) is 5.15. The van der Waals surface area contributed by atoms with Crippen LogP contribution in [-0.2, 0) is 0 Å². The van der Waals surface area contributed by atoms with Crippen LogP contribution in [0, 0.1) is 17.8 Å². The van der Waals surface area contributed by atoms with Gasteiger partial charge in [0.1, 0.15) is 0 Å². The maximum Gasteiger partial charge on any atom is 0.00675 e. The first kappa shape index (κ1) is 12.9. The molecule has 2 aliphatic carbocycles. The highest BCUT2D eigenvalue weighted by Gasteiger charge is 2.40. The van der Waals surface area contributed by atoms with E-state index in [4.69, 9.17) is 0 Å². The molecule has 2 heteroatoms.